The number of nitrogens with zero attached hydrogens (tertiary/aromatic N) is 2. The van der Waals surface area contributed by atoms with Gasteiger partial charge in [-0.1, -0.05) is 0 Å². The molecule has 1 aliphatic heterocycles. The van der Waals surface area contributed by atoms with E-state index in [4.69, 9.17) is 4.84 Å². The molecule has 0 aliphatic carbocycles. The molecule has 0 radical (unpaired) electrons. The van der Waals surface area contributed by atoms with Gasteiger partial charge in [0.05, 0.1) is 0 Å². The van der Waals surface area contributed by atoms with Gasteiger partial charge in [0.25, 0.3) is 11.8 Å². The number of aromatic hydroxyl groups is 2. The lowest BCUT2D eigenvalue weighted by Crippen LogP contribution is -2.31. The van der Waals surface area contributed by atoms with Crippen LogP contribution in [0.2, 0.25) is 0 Å². The van der Waals surface area contributed by atoms with Crippen molar-refractivity contribution in [1.82, 2.24) is 9.63 Å². The zero-order valence-corrected chi connectivity index (χ0v) is 10.4. The summed E-state index contributed by atoms with van der Waals surface area (Å²) >= 11 is 0. The van der Waals surface area contributed by atoms with Crippen molar-refractivity contribution in [2.45, 2.75) is 12.8 Å². The zero-order chi connectivity index (χ0) is 14.7. The van der Waals surface area contributed by atoms with Crippen molar-refractivity contribution in [3.8, 4) is 11.8 Å². The Morgan fingerprint density at radius 3 is 2.20 bits per heavy atom. The summed E-state index contributed by atoms with van der Waals surface area (Å²) < 4.78 is 0.579. The Kier molecular flexibility index (Phi) is 3.74. The molecule has 20 heavy (non-hydrogen) atoms. The number of hydrogen-bond donors (Lipinski definition) is 2. The lowest BCUT2D eigenvalue weighted by Gasteiger charge is -2.13. The van der Waals surface area contributed by atoms with Gasteiger partial charge in [-0.2, -0.15) is 0 Å². The van der Waals surface area contributed by atoms with Gasteiger partial charge in [0.15, 0.2) is 0 Å². The Bertz CT molecular complexity index is 551. The van der Waals surface area contributed by atoms with E-state index in [1.807, 2.05) is 0 Å². The van der Waals surface area contributed by atoms with Gasteiger partial charge in [-0.05, 0) is 6.42 Å². The van der Waals surface area contributed by atoms with Gasteiger partial charge in [-0.15, -0.1) is 4.73 Å². The second kappa shape index (κ2) is 5.47. The highest BCUT2D eigenvalue weighted by Gasteiger charge is 2.23. The van der Waals surface area contributed by atoms with Crippen LogP contribution in [-0.4, -0.2) is 44.2 Å². The summed E-state index contributed by atoms with van der Waals surface area (Å²) in [5.41, 5.74) is 0. The fourth-order valence-electron chi connectivity index (χ4n) is 1.68. The summed E-state index contributed by atoms with van der Waals surface area (Å²) in [6.07, 6.45) is 2.47. The van der Waals surface area contributed by atoms with Gasteiger partial charge in [0.2, 0.25) is 11.8 Å². The van der Waals surface area contributed by atoms with Gasteiger partial charge >= 0.3 is 5.97 Å². The van der Waals surface area contributed by atoms with Gasteiger partial charge in [-0.3, -0.25) is 14.5 Å². The van der Waals surface area contributed by atoms with E-state index in [1.54, 1.807) is 0 Å². The van der Waals surface area contributed by atoms with Crippen LogP contribution >= 0.6 is 0 Å². The predicted octanol–water partition coefficient (Wildman–Crippen LogP) is -0.440. The van der Waals surface area contributed by atoms with Crippen LogP contribution in [0.15, 0.2) is 24.3 Å². The molecule has 0 fully saturated rings. The molecular weight excluding hydrogens is 268 g/mol. The number of carbonyl (C=O) groups excluding carboxylic acids is 3. The predicted molar refractivity (Wildman–Crippen MR) is 64.4 cm³/mol. The number of carbonyl (C=O) groups is 3. The van der Waals surface area contributed by atoms with Gasteiger partial charge in [0.1, 0.15) is 0 Å². The molecule has 106 valence electrons. The molecule has 0 spiro atoms. The van der Waals surface area contributed by atoms with Crippen LogP contribution < -0.4 is 4.84 Å². The molecule has 0 saturated heterocycles. The van der Waals surface area contributed by atoms with E-state index in [9.17, 15) is 24.6 Å². The molecule has 0 unspecified atom stereocenters. The van der Waals surface area contributed by atoms with Crippen LogP contribution in [0.25, 0.3) is 0 Å². The first kappa shape index (κ1) is 13.7. The van der Waals surface area contributed by atoms with Crippen LogP contribution in [0, 0.1) is 0 Å². The molecule has 1 aromatic heterocycles. The quantitative estimate of drug-likeness (QED) is 0.708. The number of hydrogen-bond acceptors (Lipinski definition) is 6. The van der Waals surface area contributed by atoms with Crippen LogP contribution in [0.5, 0.6) is 11.8 Å². The second-order valence-electron chi connectivity index (χ2n) is 4.07. The summed E-state index contributed by atoms with van der Waals surface area (Å²) in [7, 11) is 0. The molecule has 2 heterocycles. The van der Waals surface area contributed by atoms with E-state index in [0.717, 1.165) is 29.2 Å². The van der Waals surface area contributed by atoms with E-state index in [1.165, 1.54) is 0 Å². The lowest BCUT2D eigenvalue weighted by atomic mass is 10.3. The van der Waals surface area contributed by atoms with Gasteiger partial charge in [-0.25, -0.2) is 4.79 Å². The Labute approximate surface area is 113 Å². The Morgan fingerprint density at radius 1 is 1.10 bits per heavy atom. The lowest BCUT2D eigenvalue weighted by molar-refractivity contribution is -0.146. The average molecular weight is 280 g/mol. The molecule has 0 atom stereocenters. The minimum Gasteiger partial charge on any atom is -0.492 e. The van der Waals surface area contributed by atoms with E-state index < -0.39 is 29.5 Å². The Morgan fingerprint density at radius 2 is 1.65 bits per heavy atom. The Hall–Kier alpha value is -2.77. The number of aromatic nitrogens is 1. The van der Waals surface area contributed by atoms with Crippen molar-refractivity contribution in [2.24, 2.45) is 0 Å². The SMILES string of the molecule is O=C(CCCN1C(=O)C=CC1=O)On1c(O)ccc1O. The summed E-state index contributed by atoms with van der Waals surface area (Å²) in [6, 6.07) is 2.33. The average Bonchev–Trinajstić information content (AvgIpc) is 2.88. The minimum atomic E-state index is -0.709. The molecule has 0 bridgehead atoms. The van der Waals surface area contributed by atoms with E-state index in [-0.39, 0.29) is 19.4 Å². The fourth-order valence-corrected chi connectivity index (χ4v) is 1.68. The fraction of sp³-hybridized carbons (Fsp3) is 0.250. The van der Waals surface area contributed by atoms with E-state index in [0.29, 0.717) is 4.73 Å². The molecule has 0 saturated carbocycles. The van der Waals surface area contributed by atoms with Crippen molar-refractivity contribution in [3.63, 3.8) is 0 Å². The third-order valence-electron chi connectivity index (χ3n) is 2.65. The number of amides is 2. The van der Waals surface area contributed by atoms with Crippen LogP contribution in [-0.2, 0) is 14.4 Å². The van der Waals surface area contributed by atoms with Crippen molar-refractivity contribution >= 4 is 17.8 Å². The van der Waals surface area contributed by atoms with Crippen molar-refractivity contribution in [2.75, 3.05) is 6.54 Å². The Balaban J connectivity index is 1.79. The highest BCUT2D eigenvalue weighted by molar-refractivity contribution is 6.12. The maximum Gasteiger partial charge on any atom is 0.333 e. The standard InChI is InChI=1S/C12H12N2O6/c15-8-3-4-9(16)13(8)7-1-2-12(19)20-14-10(17)5-6-11(14)18/h3-6,17-18H,1-2,7H2. The van der Waals surface area contributed by atoms with Crippen LogP contribution in [0.3, 0.4) is 0 Å². The van der Waals surface area contributed by atoms with Crippen molar-refractivity contribution < 1.29 is 29.4 Å². The summed E-state index contributed by atoms with van der Waals surface area (Å²) in [5.74, 6) is -2.36. The third-order valence-corrected chi connectivity index (χ3v) is 2.65. The normalized spacial score (nSPS) is 14.1. The minimum absolute atomic E-state index is 0.0753. The monoisotopic (exact) mass is 280 g/mol. The largest absolute Gasteiger partial charge is 0.492 e. The summed E-state index contributed by atoms with van der Waals surface area (Å²) in [4.78, 5) is 39.7. The molecule has 8 heteroatoms. The topological polar surface area (TPSA) is 109 Å². The van der Waals surface area contributed by atoms with Crippen molar-refractivity contribution in [3.05, 3.63) is 24.3 Å². The smallest absolute Gasteiger partial charge is 0.333 e. The van der Waals surface area contributed by atoms with E-state index in [2.05, 4.69) is 0 Å². The zero-order valence-electron chi connectivity index (χ0n) is 10.4. The molecule has 2 amide bonds. The first-order valence-electron chi connectivity index (χ1n) is 5.83. The highest BCUT2D eigenvalue weighted by Crippen LogP contribution is 2.18. The first-order valence-corrected chi connectivity index (χ1v) is 5.83. The molecule has 2 N–H and O–H groups in total. The molecule has 2 rings (SSSR count). The van der Waals surface area contributed by atoms with Crippen LogP contribution in [0.4, 0.5) is 0 Å². The molecular formula is C12H12N2O6. The maximum absolute atomic E-state index is 11.5. The van der Waals surface area contributed by atoms with Gasteiger partial charge in [0, 0.05) is 37.3 Å². The highest BCUT2D eigenvalue weighted by atomic mass is 16.7. The van der Waals surface area contributed by atoms with Crippen LogP contribution in [0.1, 0.15) is 12.8 Å². The molecule has 8 nitrogen and oxygen atoms in total. The molecule has 1 aromatic rings. The number of rotatable bonds is 5. The van der Waals surface area contributed by atoms with Gasteiger partial charge < -0.3 is 15.1 Å². The van der Waals surface area contributed by atoms with E-state index >= 15 is 0 Å². The summed E-state index contributed by atoms with van der Waals surface area (Å²) in [5, 5.41) is 18.5. The molecule has 1 aliphatic rings. The van der Waals surface area contributed by atoms with Crippen molar-refractivity contribution in [1.29, 1.82) is 0 Å². The first-order chi connectivity index (χ1) is 9.49. The third kappa shape index (κ3) is 2.79. The summed E-state index contributed by atoms with van der Waals surface area (Å²) in [6.45, 7) is 0.101. The molecule has 0 aromatic carbocycles. The number of imide groups is 1. The second-order valence-corrected chi connectivity index (χ2v) is 4.07. The maximum atomic E-state index is 11.5.